The Morgan fingerprint density at radius 1 is 1.30 bits per heavy atom. The molecule has 0 unspecified atom stereocenters. The highest BCUT2D eigenvalue weighted by Crippen LogP contribution is 2.27. The Labute approximate surface area is 121 Å². The molecule has 0 atom stereocenters. The molecule has 20 heavy (non-hydrogen) atoms. The molecule has 4 nitrogen and oxygen atoms in total. The molecule has 2 rings (SSSR count). The van der Waals surface area contributed by atoms with Crippen LogP contribution in [0.4, 0.5) is 5.69 Å². The fourth-order valence-electron chi connectivity index (χ4n) is 2.82. The van der Waals surface area contributed by atoms with Crippen molar-refractivity contribution >= 4 is 11.6 Å². The van der Waals surface area contributed by atoms with Gasteiger partial charge in [0.15, 0.2) is 0 Å². The first-order valence-electron chi connectivity index (χ1n) is 7.29. The highest BCUT2D eigenvalue weighted by Gasteiger charge is 2.35. The van der Waals surface area contributed by atoms with Gasteiger partial charge in [-0.15, -0.1) is 0 Å². The number of amides is 1. The zero-order chi connectivity index (χ0) is 14.4. The molecule has 1 heterocycles. The lowest BCUT2D eigenvalue weighted by molar-refractivity contribution is -0.132. The van der Waals surface area contributed by atoms with E-state index < -0.39 is 0 Å². The maximum atomic E-state index is 11.8. The number of methoxy groups -OCH3 is 1. The van der Waals surface area contributed by atoms with Gasteiger partial charge in [0.1, 0.15) is 0 Å². The summed E-state index contributed by atoms with van der Waals surface area (Å²) in [4.78, 5) is 13.7. The number of hydrogen-bond donors (Lipinski definition) is 1. The average molecular weight is 276 g/mol. The number of nitrogens with one attached hydrogen (secondary N) is 1. The van der Waals surface area contributed by atoms with E-state index in [0.29, 0.717) is 13.0 Å². The molecule has 1 aromatic carbocycles. The van der Waals surface area contributed by atoms with E-state index in [2.05, 4.69) is 17.4 Å². The maximum Gasteiger partial charge on any atom is 0.222 e. The molecule has 0 aromatic heterocycles. The Kier molecular flexibility index (Phi) is 5.01. The number of piperidine rings is 1. The molecular formula is C16H24N2O2. The summed E-state index contributed by atoms with van der Waals surface area (Å²) in [6.07, 6.45) is 2.42. The van der Waals surface area contributed by atoms with Crippen LogP contribution in [0.2, 0.25) is 0 Å². The lowest BCUT2D eigenvalue weighted by Crippen LogP contribution is -2.53. The van der Waals surface area contributed by atoms with Crippen molar-refractivity contribution < 1.29 is 9.53 Å². The first-order valence-corrected chi connectivity index (χ1v) is 7.29. The second-order valence-electron chi connectivity index (χ2n) is 5.44. The Bertz CT molecular complexity index is 425. The van der Waals surface area contributed by atoms with Crippen LogP contribution >= 0.6 is 0 Å². The number of ether oxygens (including phenoxy) is 1. The fourth-order valence-corrected chi connectivity index (χ4v) is 2.82. The molecule has 0 aliphatic carbocycles. The van der Waals surface area contributed by atoms with Crippen molar-refractivity contribution in [2.45, 2.75) is 31.7 Å². The van der Waals surface area contributed by atoms with Gasteiger partial charge < -0.3 is 15.0 Å². The van der Waals surface area contributed by atoms with E-state index in [0.717, 1.165) is 31.6 Å². The molecule has 1 aliphatic heterocycles. The number of rotatable bonds is 5. The number of nitrogens with zero attached hydrogens (tertiary/aromatic N) is 1. The third-order valence-electron chi connectivity index (χ3n) is 3.98. The number of anilines is 1. The molecule has 1 saturated heterocycles. The minimum atomic E-state index is -0.0688. The molecule has 0 saturated carbocycles. The van der Waals surface area contributed by atoms with E-state index in [1.807, 2.05) is 30.0 Å². The molecule has 1 fully saturated rings. The normalized spacial score (nSPS) is 17.8. The number of benzene rings is 1. The zero-order valence-electron chi connectivity index (χ0n) is 12.4. The van der Waals surface area contributed by atoms with Crippen LogP contribution in [0.1, 0.15) is 26.2 Å². The standard InChI is InChI=1S/C16H24N2O2/c1-3-15(19)18-11-9-16(10-12-18,13-20-2)17-14-7-5-4-6-8-14/h4-8,17H,3,9-13H2,1-2H3. The van der Waals surface area contributed by atoms with E-state index in [1.54, 1.807) is 7.11 Å². The summed E-state index contributed by atoms with van der Waals surface area (Å²) < 4.78 is 5.41. The van der Waals surface area contributed by atoms with Crippen LogP contribution in [0.15, 0.2) is 30.3 Å². The van der Waals surface area contributed by atoms with Crippen LogP contribution in [0, 0.1) is 0 Å². The van der Waals surface area contributed by atoms with Crippen molar-refractivity contribution in [3.05, 3.63) is 30.3 Å². The monoisotopic (exact) mass is 276 g/mol. The molecule has 1 aliphatic rings. The van der Waals surface area contributed by atoms with Crippen molar-refractivity contribution in [2.75, 3.05) is 32.1 Å². The van der Waals surface area contributed by atoms with Crippen LogP contribution in [0.5, 0.6) is 0 Å². The van der Waals surface area contributed by atoms with E-state index in [9.17, 15) is 4.79 Å². The summed E-state index contributed by atoms with van der Waals surface area (Å²) in [6.45, 7) is 4.18. The van der Waals surface area contributed by atoms with Gasteiger partial charge in [0.2, 0.25) is 5.91 Å². The van der Waals surface area contributed by atoms with E-state index in [4.69, 9.17) is 4.74 Å². The molecule has 1 aromatic rings. The molecular weight excluding hydrogens is 252 g/mol. The van der Waals surface area contributed by atoms with Crippen LogP contribution < -0.4 is 5.32 Å². The number of para-hydroxylation sites is 1. The van der Waals surface area contributed by atoms with Gasteiger partial charge in [-0.1, -0.05) is 25.1 Å². The van der Waals surface area contributed by atoms with Crippen LogP contribution in [-0.2, 0) is 9.53 Å². The molecule has 4 heteroatoms. The SMILES string of the molecule is CCC(=O)N1CCC(COC)(Nc2ccccc2)CC1. The Balaban J connectivity index is 2.03. The summed E-state index contributed by atoms with van der Waals surface area (Å²) in [5.74, 6) is 0.246. The molecule has 0 radical (unpaired) electrons. The molecule has 110 valence electrons. The van der Waals surface area contributed by atoms with Gasteiger partial charge in [-0.25, -0.2) is 0 Å². The van der Waals surface area contributed by atoms with Gasteiger partial charge in [-0.05, 0) is 25.0 Å². The summed E-state index contributed by atoms with van der Waals surface area (Å²) in [7, 11) is 1.73. The Morgan fingerprint density at radius 3 is 2.50 bits per heavy atom. The van der Waals surface area contributed by atoms with Gasteiger partial charge in [-0.2, -0.15) is 0 Å². The number of likely N-dealkylation sites (tertiary alicyclic amines) is 1. The second-order valence-corrected chi connectivity index (χ2v) is 5.44. The predicted octanol–water partition coefficient (Wildman–Crippen LogP) is 2.52. The van der Waals surface area contributed by atoms with Gasteiger partial charge in [0.25, 0.3) is 0 Å². The van der Waals surface area contributed by atoms with Crippen LogP contribution in [0.25, 0.3) is 0 Å². The Hall–Kier alpha value is -1.55. The largest absolute Gasteiger partial charge is 0.382 e. The maximum absolute atomic E-state index is 11.8. The highest BCUT2D eigenvalue weighted by atomic mass is 16.5. The fraction of sp³-hybridized carbons (Fsp3) is 0.562. The van der Waals surface area contributed by atoms with Crippen molar-refractivity contribution in [3.63, 3.8) is 0 Å². The topological polar surface area (TPSA) is 41.6 Å². The predicted molar refractivity (Wildman–Crippen MR) is 80.8 cm³/mol. The lowest BCUT2D eigenvalue weighted by atomic mass is 9.87. The zero-order valence-corrected chi connectivity index (χ0v) is 12.4. The molecule has 1 amide bonds. The number of carbonyl (C=O) groups is 1. The molecule has 1 N–H and O–H groups in total. The second kappa shape index (κ2) is 6.75. The van der Waals surface area contributed by atoms with Crippen LogP contribution in [-0.4, -0.2) is 43.2 Å². The lowest BCUT2D eigenvalue weighted by Gasteiger charge is -2.42. The first kappa shape index (κ1) is 14.9. The summed E-state index contributed by atoms with van der Waals surface area (Å²) in [5.41, 5.74) is 1.04. The molecule has 0 bridgehead atoms. The van der Waals surface area contributed by atoms with Gasteiger partial charge in [0, 0.05) is 32.3 Å². The van der Waals surface area contributed by atoms with Crippen molar-refractivity contribution in [1.29, 1.82) is 0 Å². The van der Waals surface area contributed by atoms with Crippen molar-refractivity contribution in [3.8, 4) is 0 Å². The van der Waals surface area contributed by atoms with Gasteiger partial charge in [-0.3, -0.25) is 4.79 Å². The smallest absolute Gasteiger partial charge is 0.222 e. The highest BCUT2D eigenvalue weighted by molar-refractivity contribution is 5.76. The number of carbonyl (C=O) groups excluding carboxylic acids is 1. The minimum Gasteiger partial charge on any atom is -0.382 e. The summed E-state index contributed by atoms with van der Waals surface area (Å²) in [5, 5.41) is 3.61. The first-order chi connectivity index (χ1) is 9.69. The average Bonchev–Trinajstić information content (AvgIpc) is 2.48. The van der Waals surface area contributed by atoms with Crippen molar-refractivity contribution in [2.24, 2.45) is 0 Å². The van der Waals surface area contributed by atoms with E-state index in [1.165, 1.54) is 0 Å². The third-order valence-corrected chi connectivity index (χ3v) is 3.98. The summed E-state index contributed by atoms with van der Waals surface area (Å²) >= 11 is 0. The third kappa shape index (κ3) is 3.51. The van der Waals surface area contributed by atoms with E-state index in [-0.39, 0.29) is 11.4 Å². The summed E-state index contributed by atoms with van der Waals surface area (Å²) in [6, 6.07) is 10.2. The molecule has 0 spiro atoms. The quantitative estimate of drug-likeness (QED) is 0.898. The Morgan fingerprint density at radius 2 is 1.95 bits per heavy atom. The van der Waals surface area contributed by atoms with Gasteiger partial charge >= 0.3 is 0 Å². The van der Waals surface area contributed by atoms with Crippen LogP contribution in [0.3, 0.4) is 0 Å². The van der Waals surface area contributed by atoms with Gasteiger partial charge in [0.05, 0.1) is 12.1 Å². The number of hydrogen-bond acceptors (Lipinski definition) is 3. The van der Waals surface area contributed by atoms with E-state index >= 15 is 0 Å². The minimum absolute atomic E-state index is 0.0688. The van der Waals surface area contributed by atoms with Crippen molar-refractivity contribution in [1.82, 2.24) is 4.90 Å².